The van der Waals surface area contributed by atoms with Crippen LogP contribution in [0.1, 0.15) is 38.1 Å². The van der Waals surface area contributed by atoms with Crippen LogP contribution in [0.5, 0.6) is 0 Å². The molecule has 3 aromatic rings. The van der Waals surface area contributed by atoms with Crippen LogP contribution in [0.25, 0.3) is 22.2 Å². The molecule has 1 unspecified atom stereocenters. The van der Waals surface area contributed by atoms with Crippen LogP contribution in [-0.4, -0.2) is 53.4 Å². The first kappa shape index (κ1) is 18.7. The van der Waals surface area contributed by atoms with E-state index in [2.05, 4.69) is 61.0 Å². The third-order valence-corrected chi connectivity index (χ3v) is 6.00. The van der Waals surface area contributed by atoms with Gasteiger partial charge in [-0.2, -0.15) is 5.10 Å². The molecular weight excluding hydrogens is 366 g/mol. The quantitative estimate of drug-likeness (QED) is 0.674. The minimum Gasteiger partial charge on any atom is -0.378 e. The summed E-state index contributed by atoms with van der Waals surface area (Å²) in [5.74, 6) is 1.74. The molecule has 6 heteroatoms. The molecule has 2 saturated heterocycles. The molecular formula is C23H27N3O3. The Morgan fingerprint density at radius 1 is 0.966 bits per heavy atom. The van der Waals surface area contributed by atoms with Crippen LogP contribution in [0.4, 0.5) is 0 Å². The number of aromatic nitrogens is 3. The number of nitrogens with zero attached hydrogens (tertiary/aromatic N) is 3. The summed E-state index contributed by atoms with van der Waals surface area (Å²) in [6.45, 7) is 7.45. The van der Waals surface area contributed by atoms with E-state index >= 15 is 0 Å². The topological polar surface area (TPSA) is 58.4 Å². The first-order valence-electron chi connectivity index (χ1n) is 10.4. The fourth-order valence-corrected chi connectivity index (χ4v) is 4.35. The van der Waals surface area contributed by atoms with E-state index in [-0.39, 0.29) is 17.6 Å². The summed E-state index contributed by atoms with van der Waals surface area (Å²) < 4.78 is 19.6. The number of hydrogen-bond acceptors (Lipinski definition) is 5. The predicted octanol–water partition coefficient (Wildman–Crippen LogP) is 3.97. The van der Waals surface area contributed by atoms with E-state index in [4.69, 9.17) is 24.3 Å². The molecule has 3 heterocycles. The van der Waals surface area contributed by atoms with Crippen LogP contribution in [-0.2, 0) is 14.2 Å². The van der Waals surface area contributed by atoms with Crippen molar-refractivity contribution in [1.82, 2.24) is 14.8 Å². The maximum atomic E-state index is 6.00. The Hall–Kier alpha value is -2.28. The Labute approximate surface area is 170 Å². The maximum absolute atomic E-state index is 6.00. The predicted molar refractivity (Wildman–Crippen MR) is 111 cm³/mol. The molecule has 2 aliphatic heterocycles. The molecule has 29 heavy (non-hydrogen) atoms. The SMILES string of the molecule is CC1(C)OCCC1n1nc(-c2ccc3ccccc3c2)nc1C1COCCOC1. The van der Waals surface area contributed by atoms with E-state index in [1.807, 2.05) is 0 Å². The highest BCUT2D eigenvalue weighted by Crippen LogP contribution is 2.38. The van der Waals surface area contributed by atoms with Crippen molar-refractivity contribution in [2.24, 2.45) is 0 Å². The number of hydrogen-bond donors (Lipinski definition) is 0. The van der Waals surface area contributed by atoms with Gasteiger partial charge in [0.05, 0.1) is 44.0 Å². The summed E-state index contributed by atoms with van der Waals surface area (Å²) in [5, 5.41) is 7.39. The molecule has 6 nitrogen and oxygen atoms in total. The molecule has 0 spiro atoms. The molecule has 0 N–H and O–H groups in total. The highest BCUT2D eigenvalue weighted by Gasteiger charge is 2.40. The van der Waals surface area contributed by atoms with Crippen LogP contribution in [0, 0.1) is 0 Å². The van der Waals surface area contributed by atoms with Gasteiger partial charge in [-0.05, 0) is 37.1 Å². The van der Waals surface area contributed by atoms with E-state index in [0.717, 1.165) is 30.2 Å². The van der Waals surface area contributed by atoms with Crippen molar-refractivity contribution in [3.8, 4) is 11.4 Å². The lowest BCUT2D eigenvalue weighted by atomic mass is 9.98. The summed E-state index contributed by atoms with van der Waals surface area (Å²) in [4.78, 5) is 5.00. The van der Waals surface area contributed by atoms with Crippen molar-refractivity contribution in [1.29, 1.82) is 0 Å². The summed E-state index contributed by atoms with van der Waals surface area (Å²) in [6.07, 6.45) is 0.926. The van der Waals surface area contributed by atoms with E-state index in [1.54, 1.807) is 0 Å². The normalized spacial score (nSPS) is 22.8. The fraction of sp³-hybridized carbons (Fsp3) is 0.478. The average Bonchev–Trinajstić information content (AvgIpc) is 3.19. The summed E-state index contributed by atoms with van der Waals surface area (Å²) in [6, 6.07) is 14.9. The lowest BCUT2D eigenvalue weighted by Crippen LogP contribution is -2.32. The van der Waals surface area contributed by atoms with Gasteiger partial charge in [-0.1, -0.05) is 36.4 Å². The molecule has 2 fully saturated rings. The zero-order chi connectivity index (χ0) is 19.8. The van der Waals surface area contributed by atoms with Crippen molar-refractivity contribution >= 4 is 10.8 Å². The van der Waals surface area contributed by atoms with Crippen LogP contribution in [0.3, 0.4) is 0 Å². The number of rotatable bonds is 3. The van der Waals surface area contributed by atoms with Gasteiger partial charge in [0, 0.05) is 12.2 Å². The van der Waals surface area contributed by atoms with E-state index in [0.29, 0.717) is 26.4 Å². The van der Waals surface area contributed by atoms with E-state index < -0.39 is 0 Å². The van der Waals surface area contributed by atoms with Crippen molar-refractivity contribution in [2.45, 2.75) is 37.8 Å². The molecule has 2 aromatic carbocycles. The Balaban J connectivity index is 1.59. The second-order valence-corrected chi connectivity index (χ2v) is 8.40. The van der Waals surface area contributed by atoms with Crippen molar-refractivity contribution < 1.29 is 14.2 Å². The van der Waals surface area contributed by atoms with Crippen LogP contribution in [0.2, 0.25) is 0 Å². The van der Waals surface area contributed by atoms with Gasteiger partial charge in [0.15, 0.2) is 5.82 Å². The van der Waals surface area contributed by atoms with Gasteiger partial charge < -0.3 is 14.2 Å². The van der Waals surface area contributed by atoms with Crippen LogP contribution >= 0.6 is 0 Å². The molecule has 1 atom stereocenters. The minimum absolute atomic E-state index is 0.0654. The smallest absolute Gasteiger partial charge is 0.181 e. The Morgan fingerprint density at radius 3 is 2.45 bits per heavy atom. The number of fused-ring (bicyclic) bond motifs is 1. The molecule has 0 saturated carbocycles. The zero-order valence-electron chi connectivity index (χ0n) is 17.0. The first-order chi connectivity index (χ1) is 14.1. The lowest BCUT2D eigenvalue weighted by Gasteiger charge is -2.28. The Kier molecular flexibility index (Phi) is 4.86. The molecule has 0 bridgehead atoms. The van der Waals surface area contributed by atoms with E-state index in [1.165, 1.54) is 10.8 Å². The zero-order valence-corrected chi connectivity index (χ0v) is 17.0. The van der Waals surface area contributed by atoms with Crippen LogP contribution in [0.15, 0.2) is 42.5 Å². The highest BCUT2D eigenvalue weighted by atomic mass is 16.5. The van der Waals surface area contributed by atoms with Crippen molar-refractivity contribution in [2.75, 3.05) is 33.0 Å². The van der Waals surface area contributed by atoms with Gasteiger partial charge in [-0.3, -0.25) is 0 Å². The third-order valence-electron chi connectivity index (χ3n) is 6.00. The standard InChI is InChI=1S/C23H27N3O3/c1-23(2)20(9-10-29-23)26-22(19-14-27-11-12-28-15-19)24-21(25-26)18-8-7-16-5-3-4-6-17(16)13-18/h3-8,13,19-20H,9-12,14-15H2,1-2H3. The molecule has 1 aromatic heterocycles. The first-order valence-corrected chi connectivity index (χ1v) is 10.4. The second kappa shape index (κ2) is 7.52. The molecule has 0 amide bonds. The van der Waals surface area contributed by atoms with Gasteiger partial charge in [-0.25, -0.2) is 9.67 Å². The minimum atomic E-state index is -0.282. The largest absolute Gasteiger partial charge is 0.378 e. The monoisotopic (exact) mass is 393 g/mol. The maximum Gasteiger partial charge on any atom is 0.181 e. The molecule has 0 radical (unpaired) electrons. The van der Waals surface area contributed by atoms with Gasteiger partial charge in [0.2, 0.25) is 0 Å². The molecule has 152 valence electrons. The van der Waals surface area contributed by atoms with Gasteiger partial charge in [-0.15, -0.1) is 0 Å². The average molecular weight is 393 g/mol. The van der Waals surface area contributed by atoms with Crippen LogP contribution < -0.4 is 0 Å². The second-order valence-electron chi connectivity index (χ2n) is 8.40. The number of ether oxygens (including phenoxy) is 3. The summed E-state index contributed by atoms with van der Waals surface area (Å²) >= 11 is 0. The van der Waals surface area contributed by atoms with Gasteiger partial charge >= 0.3 is 0 Å². The van der Waals surface area contributed by atoms with Crippen molar-refractivity contribution in [3.63, 3.8) is 0 Å². The molecule has 0 aliphatic carbocycles. The summed E-state index contributed by atoms with van der Waals surface area (Å²) in [7, 11) is 0. The molecule has 2 aliphatic rings. The van der Waals surface area contributed by atoms with Gasteiger partial charge in [0.1, 0.15) is 5.82 Å². The Bertz CT molecular complexity index is 1010. The Morgan fingerprint density at radius 2 is 1.72 bits per heavy atom. The summed E-state index contributed by atoms with van der Waals surface area (Å²) in [5.41, 5.74) is 0.742. The van der Waals surface area contributed by atoms with Crippen molar-refractivity contribution in [3.05, 3.63) is 48.3 Å². The molecule has 5 rings (SSSR count). The lowest BCUT2D eigenvalue weighted by molar-refractivity contribution is 0.0104. The fourth-order valence-electron chi connectivity index (χ4n) is 4.35. The van der Waals surface area contributed by atoms with Gasteiger partial charge in [0.25, 0.3) is 0 Å². The number of benzene rings is 2. The van der Waals surface area contributed by atoms with E-state index in [9.17, 15) is 0 Å². The highest BCUT2D eigenvalue weighted by molar-refractivity contribution is 5.86. The third kappa shape index (κ3) is 3.56.